The highest BCUT2D eigenvalue weighted by Crippen LogP contribution is 2.50. The van der Waals surface area contributed by atoms with Crippen LogP contribution in [0.1, 0.15) is 0 Å². The van der Waals surface area contributed by atoms with Crippen LogP contribution in [0, 0.1) is 0 Å². The first-order valence-corrected chi connectivity index (χ1v) is 19.0. The zero-order chi connectivity index (χ0) is 33.5. The van der Waals surface area contributed by atoms with Crippen LogP contribution in [0.2, 0.25) is 0 Å². The van der Waals surface area contributed by atoms with Gasteiger partial charge in [-0.15, -0.1) is 22.7 Å². The molecule has 0 saturated carbocycles. The molecule has 0 N–H and O–H groups in total. The minimum atomic E-state index is 1.14. The lowest BCUT2D eigenvalue weighted by Crippen LogP contribution is -2.10. The standard InChI is InChI=1S/C48H29NS2/c1-3-13-32-27-34(25-23-30(32)11-1)49(35-26-24-31-12-2-4-14-33(31)28-35)43-29-42-46-38(18-10-22-45(46)51-48(42)39-17-6-5-15-36(39)43)41-20-9-19-40-37-16-7-8-21-44(37)50-47(40)41/h1-29H. The quantitative estimate of drug-likeness (QED) is 0.178. The molecule has 0 bridgehead atoms. The molecular weight excluding hydrogens is 655 g/mol. The van der Waals surface area contributed by atoms with Crippen LogP contribution in [0.15, 0.2) is 176 Å². The summed E-state index contributed by atoms with van der Waals surface area (Å²) in [6.45, 7) is 0. The molecule has 11 rings (SSSR count). The number of fused-ring (bicyclic) bond motifs is 10. The van der Waals surface area contributed by atoms with Crippen LogP contribution in [0.4, 0.5) is 17.1 Å². The van der Waals surface area contributed by atoms with E-state index in [1.54, 1.807) is 0 Å². The Kier molecular flexibility index (Phi) is 6.36. The smallest absolute Gasteiger partial charge is 0.0547 e. The predicted molar refractivity (Wildman–Crippen MR) is 225 cm³/mol. The average Bonchev–Trinajstić information content (AvgIpc) is 3.77. The Morgan fingerprint density at radius 1 is 0.333 bits per heavy atom. The van der Waals surface area contributed by atoms with Crippen LogP contribution in [0.3, 0.4) is 0 Å². The largest absolute Gasteiger partial charge is 0.310 e. The van der Waals surface area contributed by atoms with Crippen molar-refractivity contribution in [1.82, 2.24) is 0 Å². The van der Waals surface area contributed by atoms with Crippen LogP contribution < -0.4 is 4.90 Å². The van der Waals surface area contributed by atoms with Gasteiger partial charge < -0.3 is 4.90 Å². The highest BCUT2D eigenvalue weighted by atomic mass is 32.1. The third kappa shape index (κ3) is 4.45. The normalized spacial score (nSPS) is 11.9. The number of hydrogen-bond acceptors (Lipinski definition) is 3. The predicted octanol–water partition coefficient (Wildman–Crippen LogP) is 15.0. The molecule has 238 valence electrons. The van der Waals surface area contributed by atoms with Crippen LogP contribution in [0.5, 0.6) is 0 Å². The molecule has 2 heterocycles. The van der Waals surface area contributed by atoms with Gasteiger partial charge in [-0.1, -0.05) is 133 Å². The molecule has 0 fully saturated rings. The topological polar surface area (TPSA) is 3.24 Å². The maximum Gasteiger partial charge on any atom is 0.0547 e. The number of thiophene rings is 2. The highest BCUT2D eigenvalue weighted by Gasteiger charge is 2.22. The van der Waals surface area contributed by atoms with E-state index in [4.69, 9.17) is 0 Å². The van der Waals surface area contributed by atoms with E-state index in [2.05, 4.69) is 181 Å². The average molecular weight is 684 g/mol. The van der Waals surface area contributed by atoms with Gasteiger partial charge in [0, 0.05) is 68.1 Å². The molecule has 0 aliphatic rings. The zero-order valence-corrected chi connectivity index (χ0v) is 29.1. The van der Waals surface area contributed by atoms with Crippen molar-refractivity contribution >= 4 is 112 Å². The molecule has 1 nitrogen and oxygen atoms in total. The van der Waals surface area contributed by atoms with E-state index in [-0.39, 0.29) is 0 Å². The van der Waals surface area contributed by atoms with E-state index in [9.17, 15) is 0 Å². The van der Waals surface area contributed by atoms with Crippen molar-refractivity contribution in [3.8, 4) is 11.1 Å². The first-order chi connectivity index (χ1) is 25.3. The maximum atomic E-state index is 2.47. The van der Waals surface area contributed by atoms with Gasteiger partial charge in [-0.2, -0.15) is 0 Å². The molecule has 0 spiro atoms. The Bertz CT molecular complexity index is 3090. The highest BCUT2D eigenvalue weighted by molar-refractivity contribution is 7.27. The van der Waals surface area contributed by atoms with Crippen molar-refractivity contribution in [1.29, 1.82) is 0 Å². The van der Waals surface area contributed by atoms with Crippen molar-refractivity contribution in [2.45, 2.75) is 0 Å². The molecule has 2 aromatic heterocycles. The molecule has 3 heteroatoms. The van der Waals surface area contributed by atoms with Crippen molar-refractivity contribution in [2.75, 3.05) is 4.90 Å². The molecular formula is C48H29NS2. The molecule has 0 saturated heterocycles. The zero-order valence-electron chi connectivity index (χ0n) is 27.5. The Labute approximate surface area is 302 Å². The number of nitrogens with zero attached hydrogens (tertiary/aromatic N) is 1. The van der Waals surface area contributed by atoms with Gasteiger partial charge in [0.15, 0.2) is 0 Å². The van der Waals surface area contributed by atoms with Crippen LogP contribution >= 0.6 is 22.7 Å². The van der Waals surface area contributed by atoms with E-state index in [1.165, 1.54) is 89.5 Å². The molecule has 0 aliphatic heterocycles. The van der Waals surface area contributed by atoms with Gasteiger partial charge >= 0.3 is 0 Å². The summed E-state index contributed by atoms with van der Waals surface area (Å²) in [4.78, 5) is 2.47. The second-order valence-corrected chi connectivity index (χ2v) is 15.4. The van der Waals surface area contributed by atoms with Crippen molar-refractivity contribution in [3.63, 3.8) is 0 Å². The van der Waals surface area contributed by atoms with E-state index in [0.717, 1.165) is 11.4 Å². The second kappa shape index (κ2) is 11.3. The molecule has 0 radical (unpaired) electrons. The van der Waals surface area contributed by atoms with Gasteiger partial charge in [0.2, 0.25) is 0 Å². The minimum absolute atomic E-state index is 1.14. The Morgan fingerprint density at radius 3 is 1.61 bits per heavy atom. The number of rotatable bonds is 4. The Hall–Kier alpha value is -6.00. The maximum absolute atomic E-state index is 2.47. The van der Waals surface area contributed by atoms with Gasteiger partial charge in [-0.25, -0.2) is 0 Å². The summed E-state index contributed by atoms with van der Waals surface area (Å²) in [5, 5.41) is 12.7. The summed E-state index contributed by atoms with van der Waals surface area (Å²) in [5.41, 5.74) is 6.06. The van der Waals surface area contributed by atoms with Gasteiger partial charge in [0.25, 0.3) is 0 Å². The molecule has 0 unspecified atom stereocenters. The lowest BCUT2D eigenvalue weighted by atomic mass is 9.96. The fourth-order valence-electron chi connectivity index (χ4n) is 8.06. The lowest BCUT2D eigenvalue weighted by Gasteiger charge is -2.28. The van der Waals surface area contributed by atoms with Gasteiger partial charge in [0.1, 0.15) is 0 Å². The Morgan fingerprint density at radius 2 is 0.863 bits per heavy atom. The molecule has 0 aliphatic carbocycles. The minimum Gasteiger partial charge on any atom is -0.310 e. The van der Waals surface area contributed by atoms with E-state index < -0.39 is 0 Å². The summed E-state index contributed by atoms with van der Waals surface area (Å²) in [5.74, 6) is 0. The summed E-state index contributed by atoms with van der Waals surface area (Å²) in [7, 11) is 0. The fraction of sp³-hybridized carbons (Fsp3) is 0. The lowest BCUT2D eigenvalue weighted by molar-refractivity contribution is 1.31. The fourth-order valence-corrected chi connectivity index (χ4v) is 10.5. The van der Waals surface area contributed by atoms with E-state index in [1.807, 2.05) is 22.7 Å². The SMILES string of the molecule is c1ccc2cc(N(c3ccc4ccccc4c3)c3cc4c(sc5cccc(-c6cccc7c6sc6ccccc67)c54)c4ccccc34)ccc2c1. The first-order valence-electron chi connectivity index (χ1n) is 17.3. The molecule has 11 aromatic rings. The first kappa shape index (κ1) is 28.8. The third-order valence-corrected chi connectivity index (χ3v) is 12.8. The van der Waals surface area contributed by atoms with E-state index >= 15 is 0 Å². The van der Waals surface area contributed by atoms with E-state index in [0.29, 0.717) is 0 Å². The monoisotopic (exact) mass is 683 g/mol. The number of hydrogen-bond donors (Lipinski definition) is 0. The summed E-state index contributed by atoms with van der Waals surface area (Å²) < 4.78 is 5.32. The number of benzene rings is 9. The van der Waals surface area contributed by atoms with Gasteiger partial charge in [-0.05, 0) is 69.6 Å². The summed E-state index contributed by atoms with van der Waals surface area (Å²) in [6.07, 6.45) is 0. The molecule has 51 heavy (non-hydrogen) atoms. The molecule has 0 atom stereocenters. The molecule has 0 amide bonds. The van der Waals surface area contributed by atoms with Crippen molar-refractivity contribution in [3.05, 3.63) is 176 Å². The van der Waals surface area contributed by atoms with Crippen molar-refractivity contribution < 1.29 is 0 Å². The summed E-state index contributed by atoms with van der Waals surface area (Å²) >= 11 is 3.81. The molecule has 9 aromatic carbocycles. The Balaban J connectivity index is 1.24. The van der Waals surface area contributed by atoms with Gasteiger partial charge in [-0.3, -0.25) is 0 Å². The van der Waals surface area contributed by atoms with Gasteiger partial charge in [0.05, 0.1) is 5.69 Å². The third-order valence-electron chi connectivity index (χ3n) is 10.4. The second-order valence-electron chi connectivity index (χ2n) is 13.3. The summed E-state index contributed by atoms with van der Waals surface area (Å²) in [6, 6.07) is 64.9. The van der Waals surface area contributed by atoms with Crippen molar-refractivity contribution in [2.24, 2.45) is 0 Å². The van der Waals surface area contributed by atoms with Crippen LogP contribution in [0.25, 0.3) is 83.8 Å². The van der Waals surface area contributed by atoms with Crippen LogP contribution in [-0.2, 0) is 0 Å². The van der Waals surface area contributed by atoms with Crippen LogP contribution in [-0.4, -0.2) is 0 Å². The number of anilines is 3.